The molecule has 3 aromatic rings. The number of hydrogen-bond donors (Lipinski definition) is 2. The molecule has 0 amide bonds. The summed E-state index contributed by atoms with van der Waals surface area (Å²) in [5.41, 5.74) is -0.308. The van der Waals surface area contributed by atoms with Gasteiger partial charge in [0.2, 0.25) is 10.0 Å². The Morgan fingerprint density at radius 3 is 1.80 bits per heavy atom. The fourth-order valence-electron chi connectivity index (χ4n) is 3.61. The van der Waals surface area contributed by atoms with Crippen LogP contribution in [-0.2, 0) is 15.6 Å². The van der Waals surface area contributed by atoms with Crippen molar-refractivity contribution in [2.75, 3.05) is 0 Å². The second kappa shape index (κ2) is 9.31. The molecule has 0 bridgehead atoms. The largest absolute Gasteiger partial charge is 0.379 e. The molecular weight excluding hydrogens is 418 g/mol. The first-order valence-corrected chi connectivity index (χ1v) is 11.8. The van der Waals surface area contributed by atoms with E-state index in [2.05, 4.69) is 4.72 Å². The Kier molecular flexibility index (Phi) is 6.98. The third-order valence-electron chi connectivity index (χ3n) is 5.50. The summed E-state index contributed by atoms with van der Waals surface area (Å²) in [5, 5.41) is 12.6. The molecular formula is C24H26ClNO3S. The zero-order valence-corrected chi connectivity index (χ0v) is 18.6. The number of aliphatic hydroxyl groups is 1. The molecule has 0 fully saturated rings. The van der Waals surface area contributed by atoms with E-state index in [-0.39, 0.29) is 10.8 Å². The normalized spacial score (nSPS) is 14.3. The minimum Gasteiger partial charge on any atom is -0.379 e. The molecule has 2 N–H and O–H groups in total. The Balaban J connectivity index is 2.14. The lowest BCUT2D eigenvalue weighted by atomic mass is 9.75. The van der Waals surface area contributed by atoms with E-state index >= 15 is 0 Å². The summed E-state index contributed by atoms with van der Waals surface area (Å²) in [6, 6.07) is 23.6. The van der Waals surface area contributed by atoms with Gasteiger partial charge in [0.25, 0.3) is 0 Å². The van der Waals surface area contributed by atoms with Crippen molar-refractivity contribution in [3.8, 4) is 0 Å². The average Bonchev–Trinajstić information content (AvgIpc) is 2.78. The Bertz CT molecular complexity index is 1020. The van der Waals surface area contributed by atoms with Crippen LogP contribution in [0.1, 0.15) is 31.4 Å². The summed E-state index contributed by atoms with van der Waals surface area (Å²) < 4.78 is 29.2. The maximum absolute atomic E-state index is 13.2. The lowest BCUT2D eigenvalue weighted by Gasteiger charge is -2.40. The predicted octanol–water partition coefficient (Wildman–Crippen LogP) is 4.97. The molecule has 0 saturated carbocycles. The van der Waals surface area contributed by atoms with Gasteiger partial charge in [0, 0.05) is 5.02 Å². The Morgan fingerprint density at radius 1 is 0.900 bits per heavy atom. The molecule has 0 saturated heterocycles. The van der Waals surface area contributed by atoms with Gasteiger partial charge >= 0.3 is 0 Å². The van der Waals surface area contributed by atoms with Crippen molar-refractivity contribution in [1.82, 2.24) is 4.72 Å². The van der Waals surface area contributed by atoms with E-state index in [0.717, 1.165) is 0 Å². The summed E-state index contributed by atoms with van der Waals surface area (Å²) in [6.07, 6.45) is 0.676. The summed E-state index contributed by atoms with van der Waals surface area (Å²) in [4.78, 5) is 0.101. The first kappa shape index (κ1) is 22.5. The van der Waals surface area contributed by atoms with E-state index in [0.29, 0.717) is 22.6 Å². The van der Waals surface area contributed by atoms with Crippen LogP contribution in [0.15, 0.2) is 89.8 Å². The standard InChI is InChI=1S/C24H26ClNO3S/c1-3-18(2)23(26-30(28,29)22-16-14-21(25)15-17-22)24(27,19-10-6-4-7-11-19)20-12-8-5-9-13-20/h4-18,23,26-27H,3H2,1-2H3. The molecule has 0 radical (unpaired) electrons. The van der Waals surface area contributed by atoms with Crippen LogP contribution < -0.4 is 4.72 Å². The van der Waals surface area contributed by atoms with Crippen LogP contribution in [0, 0.1) is 5.92 Å². The van der Waals surface area contributed by atoms with Gasteiger partial charge in [0.05, 0.1) is 10.9 Å². The van der Waals surface area contributed by atoms with E-state index in [1.165, 1.54) is 24.3 Å². The van der Waals surface area contributed by atoms with Gasteiger partial charge in [-0.1, -0.05) is 92.5 Å². The topological polar surface area (TPSA) is 66.4 Å². The summed E-state index contributed by atoms with van der Waals surface area (Å²) in [5.74, 6) is -0.155. The maximum Gasteiger partial charge on any atom is 0.240 e. The van der Waals surface area contributed by atoms with Crippen molar-refractivity contribution in [2.45, 2.75) is 36.8 Å². The van der Waals surface area contributed by atoms with Gasteiger partial charge in [0.15, 0.2) is 0 Å². The molecule has 6 heteroatoms. The van der Waals surface area contributed by atoms with Crippen LogP contribution in [0.4, 0.5) is 0 Å². The van der Waals surface area contributed by atoms with Crippen molar-refractivity contribution in [3.05, 3.63) is 101 Å². The highest BCUT2D eigenvalue weighted by molar-refractivity contribution is 7.89. The van der Waals surface area contributed by atoms with Crippen molar-refractivity contribution in [1.29, 1.82) is 0 Å². The minimum absolute atomic E-state index is 0.101. The highest BCUT2D eigenvalue weighted by atomic mass is 35.5. The SMILES string of the molecule is CCC(C)C(NS(=O)(=O)c1ccc(Cl)cc1)C(O)(c1ccccc1)c1ccccc1. The first-order chi connectivity index (χ1) is 14.3. The third kappa shape index (κ3) is 4.60. The smallest absolute Gasteiger partial charge is 0.240 e. The van der Waals surface area contributed by atoms with Gasteiger partial charge < -0.3 is 5.11 Å². The van der Waals surface area contributed by atoms with Gasteiger partial charge in [0.1, 0.15) is 5.60 Å². The number of sulfonamides is 1. The minimum atomic E-state index is -3.90. The van der Waals surface area contributed by atoms with Crippen LogP contribution in [0.2, 0.25) is 5.02 Å². The predicted molar refractivity (Wildman–Crippen MR) is 121 cm³/mol. The van der Waals surface area contributed by atoms with Crippen LogP contribution in [0.25, 0.3) is 0 Å². The van der Waals surface area contributed by atoms with E-state index in [1.54, 1.807) is 0 Å². The fraction of sp³-hybridized carbons (Fsp3) is 0.250. The van der Waals surface area contributed by atoms with Gasteiger partial charge in [-0.2, -0.15) is 0 Å². The van der Waals surface area contributed by atoms with Crippen molar-refractivity contribution in [2.24, 2.45) is 5.92 Å². The molecule has 2 atom stereocenters. The second-order valence-electron chi connectivity index (χ2n) is 7.44. The number of hydrogen-bond acceptors (Lipinski definition) is 3. The molecule has 0 aliphatic rings. The molecule has 3 aromatic carbocycles. The molecule has 158 valence electrons. The molecule has 0 aliphatic heterocycles. The molecule has 2 unspecified atom stereocenters. The summed E-state index contributed by atoms with van der Waals surface area (Å²) in [6.45, 7) is 3.91. The van der Waals surface area contributed by atoms with E-state index in [4.69, 9.17) is 11.6 Å². The number of benzene rings is 3. The summed E-state index contributed by atoms with van der Waals surface area (Å²) in [7, 11) is -3.90. The first-order valence-electron chi connectivity index (χ1n) is 9.90. The lowest BCUT2D eigenvalue weighted by Crippen LogP contribution is -2.54. The third-order valence-corrected chi connectivity index (χ3v) is 7.21. The van der Waals surface area contributed by atoms with Crippen molar-refractivity contribution < 1.29 is 13.5 Å². The monoisotopic (exact) mass is 443 g/mol. The van der Waals surface area contributed by atoms with E-state index in [9.17, 15) is 13.5 Å². The molecule has 30 heavy (non-hydrogen) atoms. The number of rotatable bonds is 8. The van der Waals surface area contributed by atoms with Crippen LogP contribution in [0.5, 0.6) is 0 Å². The molecule has 0 aromatic heterocycles. The Morgan fingerprint density at radius 2 is 1.37 bits per heavy atom. The Labute approximate surface area is 183 Å². The second-order valence-corrected chi connectivity index (χ2v) is 9.59. The maximum atomic E-state index is 13.2. The zero-order chi connectivity index (χ0) is 21.8. The van der Waals surface area contributed by atoms with Crippen molar-refractivity contribution >= 4 is 21.6 Å². The van der Waals surface area contributed by atoms with Gasteiger partial charge in [-0.05, 0) is 41.3 Å². The van der Waals surface area contributed by atoms with Gasteiger partial charge in [-0.25, -0.2) is 13.1 Å². The molecule has 4 nitrogen and oxygen atoms in total. The van der Waals surface area contributed by atoms with Crippen LogP contribution in [-0.4, -0.2) is 19.6 Å². The molecule has 3 rings (SSSR count). The average molecular weight is 444 g/mol. The van der Waals surface area contributed by atoms with E-state index in [1.807, 2.05) is 74.5 Å². The number of halogens is 1. The van der Waals surface area contributed by atoms with Crippen LogP contribution >= 0.6 is 11.6 Å². The van der Waals surface area contributed by atoms with E-state index < -0.39 is 21.7 Å². The molecule has 0 heterocycles. The van der Waals surface area contributed by atoms with Crippen LogP contribution in [0.3, 0.4) is 0 Å². The molecule has 0 spiro atoms. The summed E-state index contributed by atoms with van der Waals surface area (Å²) >= 11 is 5.92. The highest BCUT2D eigenvalue weighted by Crippen LogP contribution is 2.37. The number of nitrogens with one attached hydrogen (secondary N) is 1. The fourth-order valence-corrected chi connectivity index (χ4v) is 5.10. The highest BCUT2D eigenvalue weighted by Gasteiger charge is 2.44. The lowest BCUT2D eigenvalue weighted by molar-refractivity contribution is 0.0247. The molecule has 0 aliphatic carbocycles. The van der Waals surface area contributed by atoms with Gasteiger partial charge in [-0.3, -0.25) is 0 Å². The van der Waals surface area contributed by atoms with Gasteiger partial charge in [-0.15, -0.1) is 0 Å². The quantitative estimate of drug-likeness (QED) is 0.516. The van der Waals surface area contributed by atoms with Crippen molar-refractivity contribution in [3.63, 3.8) is 0 Å². The Hall–Kier alpha value is -2.18. The zero-order valence-electron chi connectivity index (χ0n) is 17.0.